The number of benzene rings is 3. The average molecular weight is 540 g/mol. The number of fused-ring (bicyclic) bond motifs is 6. The summed E-state index contributed by atoms with van der Waals surface area (Å²) in [5.41, 5.74) is 3.56. The molecule has 208 valence electrons. The molecular weight excluding hydrogens is 502 g/mol. The Kier molecular flexibility index (Phi) is 7.50. The molecule has 4 heterocycles. The highest BCUT2D eigenvalue weighted by Crippen LogP contribution is 2.32. The third-order valence-corrected chi connectivity index (χ3v) is 8.49. The van der Waals surface area contributed by atoms with Crippen LogP contribution in [0, 0.1) is 0 Å². The Labute approximate surface area is 235 Å². The van der Waals surface area contributed by atoms with Gasteiger partial charge in [-0.05, 0) is 66.3 Å². The second-order valence-corrected chi connectivity index (χ2v) is 11.0. The predicted molar refractivity (Wildman–Crippen MR) is 159 cm³/mol. The molecule has 1 fully saturated rings. The topological polar surface area (TPSA) is 78.0 Å². The van der Waals surface area contributed by atoms with E-state index in [1.807, 2.05) is 18.2 Å². The third kappa shape index (κ3) is 5.31. The molecule has 1 aromatic heterocycles. The Morgan fingerprint density at radius 2 is 1.80 bits per heavy atom. The molecule has 3 aromatic carbocycles. The number of rotatable bonds is 8. The second kappa shape index (κ2) is 11.4. The van der Waals surface area contributed by atoms with Crippen molar-refractivity contribution in [3.05, 3.63) is 84.1 Å². The van der Waals surface area contributed by atoms with Crippen molar-refractivity contribution < 1.29 is 19.4 Å². The molecule has 7 rings (SSSR count). The molecule has 40 heavy (non-hydrogen) atoms. The minimum atomic E-state index is -0.459. The molecule has 3 unspecified atom stereocenters. The van der Waals surface area contributed by atoms with E-state index in [-0.39, 0.29) is 0 Å². The van der Waals surface area contributed by atoms with Crippen LogP contribution in [0.15, 0.2) is 72.8 Å². The number of anilines is 1. The largest absolute Gasteiger partial charge is 0.497 e. The van der Waals surface area contributed by atoms with Gasteiger partial charge < -0.3 is 24.5 Å². The maximum absolute atomic E-state index is 12.1. The summed E-state index contributed by atoms with van der Waals surface area (Å²) in [6.07, 6.45) is 7.47. The fourth-order valence-corrected chi connectivity index (χ4v) is 6.35. The molecule has 1 saturated heterocycles. The average Bonchev–Trinajstić information content (AvgIpc) is 3.40. The van der Waals surface area contributed by atoms with Crippen molar-refractivity contribution in [2.45, 2.75) is 43.9 Å². The van der Waals surface area contributed by atoms with Crippen molar-refractivity contribution in [2.24, 2.45) is 0 Å². The summed E-state index contributed by atoms with van der Waals surface area (Å²) < 4.78 is 10.4. The minimum absolute atomic E-state index is 0.352. The lowest BCUT2D eigenvalue weighted by molar-refractivity contribution is 0.0595. The van der Waals surface area contributed by atoms with E-state index >= 15 is 0 Å². The van der Waals surface area contributed by atoms with Gasteiger partial charge in [-0.2, -0.15) is 0 Å². The number of aliphatic hydroxyl groups is 1. The fraction of sp³-hybridized carbons (Fsp3) is 0.364. The van der Waals surface area contributed by atoms with Gasteiger partial charge >= 0.3 is 5.97 Å². The number of hydrogen-bond donors (Lipinski definition) is 2. The van der Waals surface area contributed by atoms with Crippen molar-refractivity contribution in [3.8, 4) is 5.75 Å². The smallest absolute Gasteiger partial charge is 0.354 e. The lowest BCUT2D eigenvalue weighted by Gasteiger charge is -2.49. The second-order valence-electron chi connectivity index (χ2n) is 11.0. The minimum Gasteiger partial charge on any atom is -0.497 e. The summed E-state index contributed by atoms with van der Waals surface area (Å²) in [7, 11) is 3.01. The van der Waals surface area contributed by atoms with Gasteiger partial charge in [0.05, 0.1) is 25.8 Å². The van der Waals surface area contributed by atoms with Crippen LogP contribution in [-0.4, -0.2) is 73.0 Å². The molecule has 3 aliphatic rings. The van der Waals surface area contributed by atoms with E-state index in [9.17, 15) is 9.90 Å². The molecule has 7 heteroatoms. The van der Waals surface area contributed by atoms with Crippen molar-refractivity contribution in [3.63, 3.8) is 0 Å². The highest BCUT2D eigenvalue weighted by atomic mass is 16.5. The van der Waals surface area contributed by atoms with Gasteiger partial charge in [0.2, 0.25) is 0 Å². The molecule has 0 aliphatic carbocycles. The van der Waals surface area contributed by atoms with Crippen LogP contribution in [-0.2, 0) is 11.2 Å². The number of esters is 1. The number of ether oxygens (including phenoxy) is 2. The number of piperazine rings is 1. The van der Waals surface area contributed by atoms with Gasteiger partial charge in [0.1, 0.15) is 11.4 Å². The normalized spacial score (nSPS) is 20.8. The molecule has 0 saturated carbocycles. The standard InChI is InChI=1S/C33H37N3O4/c1-39-29-16-24(30-18-32(33(38)40-2)34-31(30)17-29)12-14-28(37)21-35-19-27-10-6-5-9-26(35)20-36(27)25-13-11-22-7-3-4-8-23(22)15-25/h3-8,11,13,15-18,26-28,34,37H,9-10,12,14,19-21H2,1-2H3/b6-5-. The van der Waals surface area contributed by atoms with E-state index in [1.54, 1.807) is 7.11 Å². The van der Waals surface area contributed by atoms with Crippen LogP contribution in [0.25, 0.3) is 21.7 Å². The Morgan fingerprint density at radius 1 is 1.00 bits per heavy atom. The van der Waals surface area contributed by atoms with Gasteiger partial charge in [-0.25, -0.2) is 4.79 Å². The number of H-pyrrole nitrogens is 1. The Hall–Kier alpha value is -3.81. The van der Waals surface area contributed by atoms with Crippen LogP contribution in [0.5, 0.6) is 5.75 Å². The number of hydrogen-bond acceptors (Lipinski definition) is 6. The molecule has 2 N–H and O–H groups in total. The molecule has 3 aliphatic heterocycles. The number of aryl methyl sites for hydroxylation is 1. The maximum atomic E-state index is 12.1. The first-order valence-electron chi connectivity index (χ1n) is 14.1. The zero-order valence-corrected chi connectivity index (χ0v) is 23.2. The lowest BCUT2D eigenvalue weighted by atomic mass is 9.95. The summed E-state index contributed by atoms with van der Waals surface area (Å²) in [4.78, 5) is 20.3. The number of nitrogens with zero attached hydrogens (tertiary/aromatic N) is 2. The Morgan fingerprint density at radius 3 is 2.60 bits per heavy atom. The van der Waals surface area contributed by atoms with Gasteiger partial charge in [-0.1, -0.05) is 42.5 Å². The molecule has 2 bridgehead atoms. The van der Waals surface area contributed by atoms with E-state index in [4.69, 9.17) is 9.47 Å². The van der Waals surface area contributed by atoms with E-state index in [2.05, 4.69) is 69.4 Å². The summed E-state index contributed by atoms with van der Waals surface area (Å²) in [6.45, 7) is 2.53. The number of carbonyl (C=O) groups excluding carboxylic acids is 1. The maximum Gasteiger partial charge on any atom is 0.354 e. The molecular formula is C33H37N3O4. The molecule has 3 atom stereocenters. The quantitative estimate of drug-likeness (QED) is 0.233. The fourth-order valence-electron chi connectivity index (χ4n) is 6.35. The number of carbonyl (C=O) groups is 1. The molecule has 0 radical (unpaired) electrons. The summed E-state index contributed by atoms with van der Waals surface area (Å²) >= 11 is 0. The zero-order valence-electron chi connectivity index (χ0n) is 23.2. The van der Waals surface area contributed by atoms with Gasteiger partial charge in [0, 0.05) is 48.9 Å². The highest BCUT2D eigenvalue weighted by Gasteiger charge is 2.35. The number of aliphatic hydroxyl groups excluding tert-OH is 1. The molecule has 7 nitrogen and oxygen atoms in total. The molecule has 4 aromatic rings. The third-order valence-electron chi connectivity index (χ3n) is 8.49. The number of aromatic nitrogens is 1. The van der Waals surface area contributed by atoms with Crippen molar-refractivity contribution in [2.75, 3.05) is 38.8 Å². The van der Waals surface area contributed by atoms with Crippen molar-refractivity contribution in [1.29, 1.82) is 0 Å². The van der Waals surface area contributed by atoms with Crippen LogP contribution in [0.1, 0.15) is 35.3 Å². The zero-order chi connectivity index (χ0) is 27.6. The van der Waals surface area contributed by atoms with E-state index in [0.717, 1.165) is 48.1 Å². The van der Waals surface area contributed by atoms with Gasteiger partial charge in [0.15, 0.2) is 0 Å². The predicted octanol–water partition coefficient (Wildman–Crippen LogP) is 5.32. The van der Waals surface area contributed by atoms with Gasteiger partial charge in [-0.3, -0.25) is 4.90 Å². The lowest BCUT2D eigenvalue weighted by Crippen LogP contribution is -2.60. The summed E-state index contributed by atoms with van der Waals surface area (Å²) in [5.74, 6) is 0.317. The Bertz CT molecular complexity index is 1540. The van der Waals surface area contributed by atoms with Crippen molar-refractivity contribution in [1.82, 2.24) is 9.88 Å². The molecule has 0 spiro atoms. The summed E-state index contributed by atoms with van der Waals surface area (Å²) in [6, 6.07) is 21.8. The summed E-state index contributed by atoms with van der Waals surface area (Å²) in [5, 5.41) is 14.7. The van der Waals surface area contributed by atoms with Crippen LogP contribution < -0.4 is 9.64 Å². The van der Waals surface area contributed by atoms with Crippen molar-refractivity contribution >= 4 is 33.3 Å². The van der Waals surface area contributed by atoms with Crippen LogP contribution >= 0.6 is 0 Å². The first kappa shape index (κ1) is 26.4. The van der Waals surface area contributed by atoms with Gasteiger partial charge in [-0.15, -0.1) is 0 Å². The number of aromatic amines is 1. The Balaban J connectivity index is 1.15. The highest BCUT2D eigenvalue weighted by molar-refractivity contribution is 5.96. The monoisotopic (exact) mass is 539 g/mol. The van der Waals surface area contributed by atoms with Crippen LogP contribution in [0.2, 0.25) is 0 Å². The van der Waals surface area contributed by atoms with Crippen LogP contribution in [0.3, 0.4) is 0 Å². The van der Waals surface area contributed by atoms with Gasteiger partial charge in [0.25, 0.3) is 0 Å². The first-order chi connectivity index (χ1) is 19.5. The van der Waals surface area contributed by atoms with E-state index in [1.165, 1.54) is 23.6 Å². The van der Waals surface area contributed by atoms with E-state index < -0.39 is 12.1 Å². The number of methoxy groups -OCH3 is 2. The SMILES string of the molecule is COC(=O)c1cc2c(CCC(O)CN3CC4C/C=C\CC3CN4c3ccc4ccccc4c3)cc(OC)cc2[nH]1. The first-order valence-corrected chi connectivity index (χ1v) is 14.1. The van der Waals surface area contributed by atoms with Crippen LogP contribution in [0.4, 0.5) is 5.69 Å². The molecule has 0 amide bonds. The number of nitrogens with one attached hydrogen (secondary N) is 1. The van der Waals surface area contributed by atoms with E-state index in [0.29, 0.717) is 37.2 Å².